The van der Waals surface area contributed by atoms with Crippen molar-refractivity contribution >= 4 is 27.3 Å². The molecular formula is C17H22N2O5S. The number of nitrogens with zero attached hydrogens (tertiary/aromatic N) is 1. The monoisotopic (exact) mass is 366 g/mol. The first-order valence-corrected chi connectivity index (χ1v) is 9.48. The fourth-order valence-electron chi connectivity index (χ4n) is 2.58. The minimum Gasteiger partial charge on any atom is -0.381 e. The van der Waals surface area contributed by atoms with Crippen molar-refractivity contribution in [3.63, 3.8) is 0 Å². The van der Waals surface area contributed by atoms with Crippen LogP contribution in [-0.2, 0) is 24.2 Å². The topological polar surface area (TPSA) is 92.8 Å². The number of likely N-dealkylation sites (N-methyl/N-ethyl adjacent to an activating group) is 1. The highest BCUT2D eigenvalue weighted by molar-refractivity contribution is 7.92. The van der Waals surface area contributed by atoms with Crippen LogP contribution in [0.5, 0.6) is 0 Å². The van der Waals surface area contributed by atoms with E-state index in [-0.39, 0.29) is 17.3 Å². The van der Waals surface area contributed by atoms with Crippen molar-refractivity contribution in [1.82, 2.24) is 4.90 Å². The Labute approximate surface area is 147 Å². The van der Waals surface area contributed by atoms with Crippen LogP contribution in [-0.4, -0.2) is 57.2 Å². The van der Waals surface area contributed by atoms with E-state index in [9.17, 15) is 18.0 Å². The van der Waals surface area contributed by atoms with Crippen LogP contribution in [0.25, 0.3) is 0 Å². The molecule has 0 bridgehead atoms. The fraction of sp³-hybridized carbons (Fsp3) is 0.412. The van der Waals surface area contributed by atoms with Crippen LogP contribution in [0.4, 0.5) is 5.69 Å². The van der Waals surface area contributed by atoms with E-state index in [4.69, 9.17) is 4.74 Å². The van der Waals surface area contributed by atoms with Crippen LogP contribution in [0.15, 0.2) is 41.8 Å². The van der Waals surface area contributed by atoms with Gasteiger partial charge in [0.2, 0.25) is 11.8 Å². The number of nitrogens with one attached hydrogen (secondary N) is 1. The predicted octanol–water partition coefficient (Wildman–Crippen LogP) is 1.22. The second-order valence-corrected chi connectivity index (χ2v) is 8.06. The molecule has 1 aromatic rings. The molecule has 1 aromatic carbocycles. The molecule has 1 N–H and O–H groups in total. The van der Waals surface area contributed by atoms with Crippen LogP contribution >= 0.6 is 0 Å². The van der Waals surface area contributed by atoms with E-state index in [0.29, 0.717) is 31.7 Å². The summed E-state index contributed by atoms with van der Waals surface area (Å²) in [6.45, 7) is 4.08. The van der Waals surface area contributed by atoms with Gasteiger partial charge in [-0.2, -0.15) is 0 Å². The first-order chi connectivity index (χ1) is 11.8. The number of sulfone groups is 1. The van der Waals surface area contributed by atoms with Gasteiger partial charge in [0.25, 0.3) is 0 Å². The highest BCUT2D eigenvalue weighted by Crippen LogP contribution is 2.25. The molecule has 0 unspecified atom stereocenters. The molecule has 2 amide bonds. The number of anilines is 1. The Morgan fingerprint density at radius 3 is 2.68 bits per heavy atom. The molecular weight excluding hydrogens is 344 g/mol. The summed E-state index contributed by atoms with van der Waals surface area (Å²) in [6.07, 6.45) is 2.05. The van der Waals surface area contributed by atoms with E-state index in [1.165, 1.54) is 24.1 Å². The van der Waals surface area contributed by atoms with E-state index in [2.05, 4.69) is 11.9 Å². The number of carbonyl (C=O) groups is 2. The van der Waals surface area contributed by atoms with Gasteiger partial charge < -0.3 is 15.0 Å². The highest BCUT2D eigenvalue weighted by Gasteiger charge is 2.29. The molecule has 136 valence electrons. The van der Waals surface area contributed by atoms with Gasteiger partial charge in [0.05, 0.1) is 16.7 Å². The van der Waals surface area contributed by atoms with E-state index < -0.39 is 21.0 Å². The minimum absolute atomic E-state index is 0.151. The number of carbonyl (C=O) groups excluding carboxylic acids is 2. The number of rotatable bonds is 6. The maximum atomic E-state index is 12.7. The van der Waals surface area contributed by atoms with Crippen LogP contribution in [0, 0.1) is 0 Å². The number of hydrogen-bond acceptors (Lipinski definition) is 5. The predicted molar refractivity (Wildman–Crippen MR) is 93.9 cm³/mol. The van der Waals surface area contributed by atoms with E-state index >= 15 is 0 Å². The Hall–Kier alpha value is -2.19. The SMILES string of the molecule is C=CC(=O)N(C)CC(=O)Nc1cccc(S(=O)(=O)C2CCOCC2)c1. The molecule has 1 fully saturated rings. The molecule has 0 aromatic heterocycles. The van der Waals surface area contributed by atoms with Gasteiger partial charge >= 0.3 is 0 Å². The average Bonchev–Trinajstić information content (AvgIpc) is 2.61. The average molecular weight is 366 g/mol. The van der Waals surface area contributed by atoms with Gasteiger partial charge in [0, 0.05) is 25.9 Å². The third kappa shape index (κ3) is 4.90. The molecule has 0 saturated carbocycles. The van der Waals surface area contributed by atoms with Gasteiger partial charge in [-0.15, -0.1) is 0 Å². The quantitative estimate of drug-likeness (QED) is 0.764. The van der Waals surface area contributed by atoms with Crippen molar-refractivity contribution in [2.75, 3.05) is 32.1 Å². The second-order valence-electron chi connectivity index (χ2n) is 5.83. The van der Waals surface area contributed by atoms with Crippen LogP contribution in [0.3, 0.4) is 0 Å². The Kier molecular flexibility index (Phi) is 6.33. The van der Waals surface area contributed by atoms with Crippen molar-refractivity contribution in [3.05, 3.63) is 36.9 Å². The van der Waals surface area contributed by atoms with E-state index in [0.717, 1.165) is 6.08 Å². The molecule has 1 aliphatic heterocycles. The van der Waals surface area contributed by atoms with Crippen LogP contribution in [0.2, 0.25) is 0 Å². The molecule has 8 heteroatoms. The largest absolute Gasteiger partial charge is 0.381 e. The molecule has 1 aliphatic rings. The van der Waals surface area contributed by atoms with Gasteiger partial charge in [-0.05, 0) is 37.1 Å². The lowest BCUT2D eigenvalue weighted by Crippen LogP contribution is -2.33. The smallest absolute Gasteiger partial charge is 0.246 e. The molecule has 0 atom stereocenters. The zero-order chi connectivity index (χ0) is 18.4. The minimum atomic E-state index is -3.47. The van der Waals surface area contributed by atoms with Gasteiger partial charge in [0.1, 0.15) is 0 Å². The number of hydrogen-bond donors (Lipinski definition) is 1. The standard InChI is InChI=1S/C17H22N2O5S/c1-3-17(21)19(2)12-16(20)18-13-5-4-6-15(11-13)25(22,23)14-7-9-24-10-8-14/h3-6,11,14H,1,7-10,12H2,2H3,(H,18,20). The normalized spacial score (nSPS) is 15.4. The molecule has 2 rings (SSSR count). The first-order valence-electron chi connectivity index (χ1n) is 7.93. The Balaban J connectivity index is 2.09. The van der Waals surface area contributed by atoms with Crippen molar-refractivity contribution in [2.24, 2.45) is 0 Å². The maximum absolute atomic E-state index is 12.7. The van der Waals surface area contributed by atoms with Crippen molar-refractivity contribution in [1.29, 1.82) is 0 Å². The molecule has 1 heterocycles. The first kappa shape index (κ1) is 19.1. The van der Waals surface area contributed by atoms with E-state index in [1.807, 2.05) is 0 Å². The lowest BCUT2D eigenvalue weighted by molar-refractivity contribution is -0.129. The summed E-state index contributed by atoms with van der Waals surface area (Å²) in [4.78, 5) is 24.8. The maximum Gasteiger partial charge on any atom is 0.246 e. The molecule has 0 spiro atoms. The lowest BCUT2D eigenvalue weighted by atomic mass is 10.2. The molecule has 0 aliphatic carbocycles. The summed E-state index contributed by atoms with van der Waals surface area (Å²) < 4.78 is 30.6. The summed E-state index contributed by atoms with van der Waals surface area (Å²) >= 11 is 0. The number of benzene rings is 1. The lowest BCUT2D eigenvalue weighted by Gasteiger charge is -2.22. The number of amides is 2. The van der Waals surface area contributed by atoms with Gasteiger partial charge in [-0.3, -0.25) is 9.59 Å². The highest BCUT2D eigenvalue weighted by atomic mass is 32.2. The van der Waals surface area contributed by atoms with Crippen molar-refractivity contribution in [2.45, 2.75) is 23.0 Å². The second kappa shape index (κ2) is 8.26. The van der Waals surface area contributed by atoms with Crippen LogP contribution < -0.4 is 5.32 Å². The Bertz CT molecular complexity index is 754. The van der Waals surface area contributed by atoms with Gasteiger partial charge in [-0.1, -0.05) is 12.6 Å². The molecule has 25 heavy (non-hydrogen) atoms. The summed E-state index contributed by atoms with van der Waals surface area (Å²) in [5, 5.41) is 2.14. The summed E-state index contributed by atoms with van der Waals surface area (Å²) in [6, 6.07) is 6.16. The Morgan fingerprint density at radius 1 is 1.36 bits per heavy atom. The summed E-state index contributed by atoms with van der Waals surface area (Å²) in [5.41, 5.74) is 0.373. The number of ether oxygens (including phenoxy) is 1. The van der Waals surface area contributed by atoms with Crippen molar-refractivity contribution in [3.8, 4) is 0 Å². The third-order valence-corrected chi connectivity index (χ3v) is 6.25. The van der Waals surface area contributed by atoms with Gasteiger partial charge in [0.15, 0.2) is 9.84 Å². The molecule has 1 saturated heterocycles. The summed E-state index contributed by atoms with van der Waals surface area (Å²) in [7, 11) is -1.99. The third-order valence-electron chi connectivity index (χ3n) is 3.99. The zero-order valence-electron chi connectivity index (χ0n) is 14.1. The van der Waals surface area contributed by atoms with Gasteiger partial charge in [-0.25, -0.2) is 8.42 Å². The van der Waals surface area contributed by atoms with E-state index in [1.54, 1.807) is 12.1 Å². The molecule has 7 nitrogen and oxygen atoms in total. The van der Waals surface area contributed by atoms with Crippen LogP contribution in [0.1, 0.15) is 12.8 Å². The fourth-order valence-corrected chi connectivity index (χ4v) is 4.34. The zero-order valence-corrected chi connectivity index (χ0v) is 14.9. The summed E-state index contributed by atoms with van der Waals surface area (Å²) in [5.74, 6) is -0.788. The molecule has 0 radical (unpaired) electrons. The van der Waals surface area contributed by atoms with Crippen molar-refractivity contribution < 1.29 is 22.7 Å². The Morgan fingerprint density at radius 2 is 2.04 bits per heavy atom.